The molecule has 0 saturated carbocycles. The molecule has 0 radical (unpaired) electrons. The number of nitrogens with zero attached hydrogens (tertiary/aromatic N) is 2. The molecule has 0 aliphatic heterocycles. The second-order valence-corrected chi connectivity index (χ2v) is 6.95. The lowest BCUT2D eigenvalue weighted by Gasteiger charge is -2.11. The number of rotatable bonds is 8. The van der Waals surface area contributed by atoms with Crippen molar-refractivity contribution in [2.75, 3.05) is 11.9 Å². The maximum absolute atomic E-state index is 13.0. The van der Waals surface area contributed by atoms with Gasteiger partial charge in [0.2, 0.25) is 5.88 Å². The minimum atomic E-state index is -0.288. The van der Waals surface area contributed by atoms with Gasteiger partial charge in [0, 0.05) is 24.6 Å². The van der Waals surface area contributed by atoms with E-state index in [0.717, 1.165) is 17.1 Å². The van der Waals surface area contributed by atoms with Crippen molar-refractivity contribution >= 4 is 17.4 Å². The van der Waals surface area contributed by atoms with E-state index >= 15 is 0 Å². The Hall–Kier alpha value is -4.26. The maximum Gasteiger partial charge on any atom is 0.256 e. The van der Waals surface area contributed by atoms with E-state index in [-0.39, 0.29) is 17.6 Å². The summed E-state index contributed by atoms with van der Waals surface area (Å²) < 4.78 is 18.9. The van der Waals surface area contributed by atoms with Gasteiger partial charge in [-0.15, -0.1) is 0 Å². The Morgan fingerprint density at radius 2 is 1.66 bits per heavy atom. The van der Waals surface area contributed by atoms with E-state index < -0.39 is 0 Å². The van der Waals surface area contributed by atoms with Crippen LogP contribution >= 0.6 is 0 Å². The fourth-order valence-electron chi connectivity index (χ4n) is 3.01. The summed E-state index contributed by atoms with van der Waals surface area (Å²) >= 11 is 0. The molecule has 0 atom stereocenters. The molecular weight excluding hydrogens is 407 g/mol. The van der Waals surface area contributed by atoms with Crippen LogP contribution in [0.2, 0.25) is 0 Å². The topological polar surface area (TPSA) is 76.1 Å². The highest BCUT2D eigenvalue weighted by Gasteiger charge is 2.14. The van der Waals surface area contributed by atoms with Crippen molar-refractivity contribution in [2.45, 2.75) is 6.42 Å². The molecule has 1 amide bonds. The predicted molar refractivity (Wildman–Crippen MR) is 121 cm³/mol. The Kier molecular flexibility index (Phi) is 6.67. The van der Waals surface area contributed by atoms with Crippen LogP contribution in [-0.2, 0) is 6.42 Å². The molecule has 0 unspecified atom stereocenters. The van der Waals surface area contributed by atoms with Gasteiger partial charge in [-0.25, -0.2) is 14.4 Å². The lowest BCUT2D eigenvalue weighted by Crippen LogP contribution is -2.26. The Bertz CT molecular complexity index is 1170. The van der Waals surface area contributed by atoms with Gasteiger partial charge in [-0.05, 0) is 72.6 Å². The van der Waals surface area contributed by atoms with Gasteiger partial charge in [0.05, 0.1) is 0 Å². The first-order valence-corrected chi connectivity index (χ1v) is 10.1. The number of carbonyl (C=O) groups excluding carboxylic acids is 1. The van der Waals surface area contributed by atoms with Crippen molar-refractivity contribution in [3.63, 3.8) is 0 Å². The minimum absolute atomic E-state index is 0.220. The van der Waals surface area contributed by atoms with Crippen LogP contribution in [0.1, 0.15) is 15.9 Å². The molecule has 7 heteroatoms. The second-order valence-electron chi connectivity index (χ2n) is 6.95. The summed E-state index contributed by atoms with van der Waals surface area (Å²) in [5.74, 6) is 0.942. The van der Waals surface area contributed by atoms with Crippen LogP contribution in [0.5, 0.6) is 11.6 Å². The molecule has 0 fully saturated rings. The van der Waals surface area contributed by atoms with E-state index in [1.807, 2.05) is 30.3 Å². The average molecular weight is 428 g/mol. The third kappa shape index (κ3) is 5.66. The van der Waals surface area contributed by atoms with E-state index in [1.165, 1.54) is 12.1 Å². The second kappa shape index (κ2) is 10.2. The molecule has 0 aliphatic rings. The number of aromatic nitrogens is 2. The molecular formula is C25H21FN4O2. The number of amides is 1. The van der Waals surface area contributed by atoms with Crippen molar-refractivity contribution in [1.82, 2.24) is 15.3 Å². The number of ether oxygens (including phenoxy) is 1. The first-order chi connectivity index (χ1) is 15.7. The van der Waals surface area contributed by atoms with Crippen LogP contribution in [0.15, 0.2) is 91.3 Å². The van der Waals surface area contributed by atoms with E-state index in [1.54, 1.807) is 48.8 Å². The lowest BCUT2D eigenvalue weighted by molar-refractivity contribution is 0.0951. The molecule has 0 saturated heterocycles. The van der Waals surface area contributed by atoms with E-state index in [0.29, 0.717) is 24.3 Å². The minimum Gasteiger partial charge on any atom is -0.438 e. The number of nitrogens with one attached hydrogen (secondary N) is 2. The highest BCUT2D eigenvalue weighted by molar-refractivity contribution is 5.96. The molecule has 32 heavy (non-hydrogen) atoms. The molecule has 2 heterocycles. The summed E-state index contributed by atoms with van der Waals surface area (Å²) in [6.45, 7) is 0.409. The summed E-state index contributed by atoms with van der Waals surface area (Å²) in [7, 11) is 0. The van der Waals surface area contributed by atoms with E-state index in [4.69, 9.17) is 4.74 Å². The molecule has 4 rings (SSSR count). The first kappa shape index (κ1) is 21.0. The third-order valence-corrected chi connectivity index (χ3v) is 4.63. The maximum atomic E-state index is 13.0. The number of anilines is 2. The van der Waals surface area contributed by atoms with E-state index in [9.17, 15) is 9.18 Å². The third-order valence-electron chi connectivity index (χ3n) is 4.63. The van der Waals surface area contributed by atoms with Crippen LogP contribution in [-0.4, -0.2) is 22.4 Å². The fourth-order valence-corrected chi connectivity index (χ4v) is 3.01. The van der Waals surface area contributed by atoms with Crippen molar-refractivity contribution in [2.24, 2.45) is 0 Å². The standard InChI is InChI=1S/C25H21FN4O2/c26-19-8-6-18(7-9-19)14-17-28-24(31)22-4-3-16-29-25(22)32-21-12-10-20(11-13-21)30-23-5-1-2-15-27-23/h1-13,15-16H,14,17H2,(H,27,30)(H,28,31). The van der Waals surface area contributed by atoms with Gasteiger partial charge in [-0.3, -0.25) is 4.79 Å². The number of halogens is 1. The normalized spacial score (nSPS) is 10.4. The van der Waals surface area contributed by atoms with E-state index in [2.05, 4.69) is 20.6 Å². The molecule has 0 spiro atoms. The van der Waals surface area contributed by atoms with Gasteiger partial charge in [0.15, 0.2) is 0 Å². The summed E-state index contributed by atoms with van der Waals surface area (Å²) in [4.78, 5) is 21.1. The highest BCUT2D eigenvalue weighted by Crippen LogP contribution is 2.25. The fraction of sp³-hybridized carbons (Fsp3) is 0.0800. The zero-order chi connectivity index (χ0) is 22.2. The zero-order valence-corrected chi connectivity index (χ0v) is 17.2. The molecule has 160 valence electrons. The Morgan fingerprint density at radius 1 is 0.875 bits per heavy atom. The molecule has 2 N–H and O–H groups in total. The summed E-state index contributed by atoms with van der Waals surface area (Å²) in [5, 5.41) is 6.05. The molecule has 2 aromatic carbocycles. The van der Waals surface area contributed by atoms with Crippen molar-refractivity contribution in [1.29, 1.82) is 0 Å². The monoisotopic (exact) mass is 428 g/mol. The highest BCUT2D eigenvalue weighted by atomic mass is 19.1. The van der Waals surface area contributed by atoms with Gasteiger partial charge >= 0.3 is 0 Å². The van der Waals surface area contributed by atoms with Gasteiger partial charge in [0.1, 0.15) is 22.9 Å². The zero-order valence-electron chi connectivity index (χ0n) is 17.2. The van der Waals surface area contributed by atoms with Crippen LogP contribution in [0.3, 0.4) is 0 Å². The van der Waals surface area contributed by atoms with Gasteiger partial charge in [-0.1, -0.05) is 18.2 Å². The predicted octanol–water partition coefficient (Wildman–Crippen LogP) is 5.12. The Labute approximate surface area is 185 Å². The quantitative estimate of drug-likeness (QED) is 0.407. The smallest absolute Gasteiger partial charge is 0.256 e. The largest absolute Gasteiger partial charge is 0.438 e. The molecule has 4 aromatic rings. The van der Waals surface area contributed by atoms with Crippen LogP contribution in [0.25, 0.3) is 0 Å². The summed E-state index contributed by atoms with van der Waals surface area (Å²) in [6.07, 6.45) is 3.88. The molecule has 6 nitrogen and oxygen atoms in total. The average Bonchev–Trinajstić information content (AvgIpc) is 2.82. The van der Waals surface area contributed by atoms with Gasteiger partial charge in [0.25, 0.3) is 5.91 Å². The first-order valence-electron chi connectivity index (χ1n) is 10.1. The van der Waals surface area contributed by atoms with Crippen LogP contribution in [0, 0.1) is 5.82 Å². The van der Waals surface area contributed by atoms with Gasteiger partial charge < -0.3 is 15.4 Å². The number of hydrogen-bond acceptors (Lipinski definition) is 5. The van der Waals surface area contributed by atoms with Crippen LogP contribution in [0.4, 0.5) is 15.9 Å². The number of hydrogen-bond donors (Lipinski definition) is 2. The van der Waals surface area contributed by atoms with Crippen LogP contribution < -0.4 is 15.4 Å². The SMILES string of the molecule is O=C(NCCc1ccc(F)cc1)c1cccnc1Oc1ccc(Nc2ccccn2)cc1. The van der Waals surface area contributed by atoms with Gasteiger partial charge in [-0.2, -0.15) is 0 Å². The molecule has 2 aromatic heterocycles. The van der Waals surface area contributed by atoms with Crippen molar-refractivity contribution in [3.8, 4) is 11.6 Å². The molecule has 0 bridgehead atoms. The Morgan fingerprint density at radius 3 is 2.41 bits per heavy atom. The van der Waals surface area contributed by atoms with Crippen molar-refractivity contribution < 1.29 is 13.9 Å². The number of pyridine rings is 2. The number of benzene rings is 2. The summed E-state index contributed by atoms with van der Waals surface area (Å²) in [6, 6.07) is 22.5. The van der Waals surface area contributed by atoms with Crippen molar-refractivity contribution in [3.05, 3.63) is 108 Å². The molecule has 0 aliphatic carbocycles. The summed E-state index contributed by atoms with van der Waals surface area (Å²) in [5.41, 5.74) is 2.13. The lowest BCUT2D eigenvalue weighted by atomic mass is 10.1. The Balaban J connectivity index is 1.37. The number of carbonyl (C=O) groups is 1.